The van der Waals surface area contributed by atoms with Crippen LogP contribution in [0.5, 0.6) is 0 Å². The number of aryl methyl sites for hydroxylation is 2. The SMILES string of the molecule is C=Cc1c2c(nc3cc(C)c(C)c(C)c13)-c1c(N)c3c(c(=O)n1C2)COC(=O)C3(O)CC. The molecule has 32 heavy (non-hydrogen) atoms. The number of rotatable bonds is 2. The highest BCUT2D eigenvalue weighted by molar-refractivity contribution is 5.98. The van der Waals surface area contributed by atoms with Gasteiger partial charge >= 0.3 is 5.97 Å². The van der Waals surface area contributed by atoms with Crippen LogP contribution < -0.4 is 11.3 Å². The number of pyridine rings is 2. The zero-order valence-corrected chi connectivity index (χ0v) is 18.6. The van der Waals surface area contributed by atoms with Gasteiger partial charge in [0.05, 0.1) is 34.7 Å². The maximum Gasteiger partial charge on any atom is 0.343 e. The number of aliphatic hydroxyl groups is 1. The second-order valence-corrected chi connectivity index (χ2v) is 8.69. The first kappa shape index (κ1) is 20.5. The Kier molecular flexibility index (Phi) is 4.17. The Morgan fingerprint density at radius 2 is 2.00 bits per heavy atom. The monoisotopic (exact) mass is 431 g/mol. The van der Waals surface area contributed by atoms with Gasteiger partial charge in [-0.3, -0.25) is 4.79 Å². The number of benzene rings is 1. The Hall–Kier alpha value is -3.45. The number of hydrogen-bond acceptors (Lipinski definition) is 6. The number of carbonyl (C=O) groups is 1. The van der Waals surface area contributed by atoms with Crippen molar-refractivity contribution in [1.29, 1.82) is 0 Å². The van der Waals surface area contributed by atoms with Crippen LogP contribution in [0.25, 0.3) is 28.4 Å². The molecule has 0 spiro atoms. The van der Waals surface area contributed by atoms with E-state index in [-0.39, 0.29) is 41.9 Å². The van der Waals surface area contributed by atoms with Crippen LogP contribution in [0, 0.1) is 20.8 Å². The van der Waals surface area contributed by atoms with E-state index in [4.69, 9.17) is 15.5 Å². The van der Waals surface area contributed by atoms with Crippen LogP contribution in [0.1, 0.15) is 52.3 Å². The third kappa shape index (κ3) is 2.31. The van der Waals surface area contributed by atoms with Crippen molar-refractivity contribution in [1.82, 2.24) is 9.55 Å². The highest BCUT2D eigenvalue weighted by Crippen LogP contribution is 2.45. The minimum atomic E-state index is -1.96. The summed E-state index contributed by atoms with van der Waals surface area (Å²) in [4.78, 5) is 30.8. The molecule has 0 fully saturated rings. The van der Waals surface area contributed by atoms with Gasteiger partial charge in [0, 0.05) is 16.5 Å². The first-order valence-electron chi connectivity index (χ1n) is 10.7. The van der Waals surface area contributed by atoms with E-state index in [0.717, 1.165) is 33.2 Å². The molecule has 0 saturated heterocycles. The Morgan fingerprint density at radius 1 is 1.28 bits per heavy atom. The fourth-order valence-corrected chi connectivity index (χ4v) is 5.19. The van der Waals surface area contributed by atoms with Crippen molar-refractivity contribution >= 4 is 28.6 Å². The normalized spacial score (nSPS) is 18.8. The molecular weight excluding hydrogens is 406 g/mol. The largest absolute Gasteiger partial charge is 0.458 e. The standard InChI is InChI=1S/C25H25N3O4/c1-6-14-15-9-28-22(21(15)27-17-8-11(3)12(4)13(5)18(14)17)20(26)19-16(23(28)29)10-32-24(30)25(19,31)7-2/h6,8,31H,1,7,9-10,26H2,2-5H3. The Morgan fingerprint density at radius 3 is 2.66 bits per heavy atom. The number of esters is 1. The zero-order valence-electron chi connectivity index (χ0n) is 18.6. The fraction of sp³-hybridized carbons (Fsp3) is 0.320. The molecule has 2 aromatic heterocycles. The second-order valence-electron chi connectivity index (χ2n) is 8.69. The molecule has 1 unspecified atom stereocenters. The van der Waals surface area contributed by atoms with Gasteiger partial charge in [0.1, 0.15) is 6.61 Å². The van der Waals surface area contributed by atoms with Crippen molar-refractivity contribution in [3.63, 3.8) is 0 Å². The third-order valence-corrected chi connectivity index (χ3v) is 7.21. The Balaban J connectivity index is 1.92. The van der Waals surface area contributed by atoms with E-state index in [9.17, 15) is 14.7 Å². The number of fused-ring (bicyclic) bond motifs is 5. The molecule has 0 saturated carbocycles. The molecule has 0 radical (unpaired) electrons. The van der Waals surface area contributed by atoms with Gasteiger partial charge in [0.25, 0.3) is 5.56 Å². The smallest absolute Gasteiger partial charge is 0.343 e. The van der Waals surface area contributed by atoms with E-state index in [1.807, 2.05) is 13.0 Å². The number of carbonyl (C=O) groups excluding carboxylic acids is 1. The summed E-state index contributed by atoms with van der Waals surface area (Å²) in [5, 5.41) is 12.1. The summed E-state index contributed by atoms with van der Waals surface area (Å²) < 4.78 is 6.72. The number of nitrogen functional groups attached to an aromatic ring is 1. The van der Waals surface area contributed by atoms with Crippen LogP contribution in [0.15, 0.2) is 17.4 Å². The molecule has 0 bridgehead atoms. The summed E-state index contributed by atoms with van der Waals surface area (Å²) in [6, 6.07) is 2.03. The molecule has 164 valence electrons. The summed E-state index contributed by atoms with van der Waals surface area (Å²) in [6.45, 7) is 12.0. The molecule has 0 amide bonds. The number of hydrogen-bond donors (Lipinski definition) is 2. The second kappa shape index (κ2) is 6.53. The summed E-state index contributed by atoms with van der Waals surface area (Å²) in [5.41, 5.74) is 11.9. The van der Waals surface area contributed by atoms with Crippen molar-refractivity contribution in [2.45, 2.75) is 52.9 Å². The minimum absolute atomic E-state index is 0.0412. The average molecular weight is 431 g/mol. The van der Waals surface area contributed by atoms with E-state index in [1.165, 1.54) is 5.56 Å². The lowest BCUT2D eigenvalue weighted by atomic mass is 9.84. The molecule has 7 heteroatoms. The van der Waals surface area contributed by atoms with Gasteiger partial charge in [-0.2, -0.15) is 0 Å². The Bertz CT molecular complexity index is 1450. The van der Waals surface area contributed by atoms with Crippen molar-refractivity contribution in [2.75, 3.05) is 5.73 Å². The van der Waals surface area contributed by atoms with Crippen LogP contribution >= 0.6 is 0 Å². The van der Waals surface area contributed by atoms with E-state index in [0.29, 0.717) is 11.4 Å². The maximum absolute atomic E-state index is 13.5. The first-order valence-corrected chi connectivity index (χ1v) is 10.7. The van der Waals surface area contributed by atoms with E-state index in [1.54, 1.807) is 17.6 Å². The van der Waals surface area contributed by atoms with E-state index in [2.05, 4.69) is 20.4 Å². The van der Waals surface area contributed by atoms with Crippen LogP contribution in [-0.2, 0) is 28.3 Å². The number of nitrogens with zero attached hydrogens (tertiary/aromatic N) is 2. The van der Waals surface area contributed by atoms with Gasteiger partial charge in [0.2, 0.25) is 0 Å². The molecule has 1 atom stereocenters. The number of aromatic nitrogens is 2. The zero-order chi connectivity index (χ0) is 23.1. The summed E-state index contributed by atoms with van der Waals surface area (Å²) >= 11 is 0. The van der Waals surface area contributed by atoms with Gasteiger partial charge < -0.3 is 20.1 Å². The summed E-state index contributed by atoms with van der Waals surface area (Å²) in [7, 11) is 0. The van der Waals surface area contributed by atoms with Gasteiger partial charge in [-0.05, 0) is 55.5 Å². The van der Waals surface area contributed by atoms with Gasteiger partial charge in [-0.25, -0.2) is 9.78 Å². The van der Waals surface area contributed by atoms with Gasteiger partial charge in [-0.1, -0.05) is 19.6 Å². The maximum atomic E-state index is 13.5. The van der Waals surface area contributed by atoms with E-state index < -0.39 is 11.6 Å². The highest BCUT2D eigenvalue weighted by atomic mass is 16.6. The molecule has 3 N–H and O–H groups in total. The molecule has 0 aliphatic carbocycles. The highest BCUT2D eigenvalue weighted by Gasteiger charge is 2.47. The molecule has 3 aromatic rings. The summed E-state index contributed by atoms with van der Waals surface area (Å²) in [6.07, 6.45) is 1.84. The fourth-order valence-electron chi connectivity index (χ4n) is 5.19. The van der Waals surface area contributed by atoms with Crippen molar-refractivity contribution < 1.29 is 14.6 Å². The van der Waals surface area contributed by atoms with Crippen molar-refractivity contribution in [2.24, 2.45) is 0 Å². The lowest BCUT2D eigenvalue weighted by Crippen LogP contribution is -2.45. The van der Waals surface area contributed by atoms with Crippen molar-refractivity contribution in [3.05, 3.63) is 61.9 Å². The average Bonchev–Trinajstić information content (AvgIpc) is 3.16. The lowest BCUT2D eigenvalue weighted by Gasteiger charge is -2.33. The number of anilines is 1. The van der Waals surface area contributed by atoms with E-state index >= 15 is 0 Å². The van der Waals surface area contributed by atoms with Gasteiger partial charge in [-0.15, -0.1) is 0 Å². The molecule has 7 nitrogen and oxygen atoms in total. The quantitative estimate of drug-likeness (QED) is 0.472. The van der Waals surface area contributed by atoms with Crippen LogP contribution in [0.3, 0.4) is 0 Å². The van der Waals surface area contributed by atoms with Gasteiger partial charge in [0.15, 0.2) is 5.60 Å². The Labute approximate surface area is 185 Å². The number of ether oxygens (including phenoxy) is 1. The first-order chi connectivity index (χ1) is 15.2. The van der Waals surface area contributed by atoms with Crippen molar-refractivity contribution in [3.8, 4) is 11.4 Å². The molecule has 5 rings (SSSR count). The van der Waals surface area contributed by atoms with Crippen LogP contribution in [0.4, 0.5) is 5.69 Å². The summed E-state index contributed by atoms with van der Waals surface area (Å²) in [5.74, 6) is -0.790. The molecular formula is C25H25N3O4. The third-order valence-electron chi connectivity index (χ3n) is 7.21. The number of nitrogens with two attached hydrogens (primary N) is 1. The van der Waals surface area contributed by atoms with Crippen LogP contribution in [0.2, 0.25) is 0 Å². The minimum Gasteiger partial charge on any atom is -0.458 e. The predicted molar refractivity (Wildman–Crippen MR) is 123 cm³/mol. The molecule has 1 aromatic carbocycles. The molecule has 2 aliphatic rings. The predicted octanol–water partition coefficient (Wildman–Crippen LogP) is 3.23. The lowest BCUT2D eigenvalue weighted by molar-refractivity contribution is -0.172. The topological polar surface area (TPSA) is 107 Å². The molecule has 4 heterocycles. The number of cyclic esters (lactones) is 1. The molecule has 2 aliphatic heterocycles. The van der Waals surface area contributed by atoms with Crippen LogP contribution in [-0.4, -0.2) is 20.6 Å².